The number of hydrogen-bond acceptors (Lipinski definition) is 3. The summed E-state index contributed by atoms with van der Waals surface area (Å²) in [5.74, 6) is 0.367. The number of benzene rings is 2. The van der Waals surface area contributed by atoms with E-state index in [1.54, 1.807) is 0 Å². The van der Waals surface area contributed by atoms with E-state index in [1.165, 1.54) is 29.4 Å². The van der Waals surface area contributed by atoms with Crippen LogP contribution in [0.25, 0.3) is 21.8 Å². The average molecular weight is 402 g/mol. The zero-order valence-electron chi connectivity index (χ0n) is 17.1. The van der Waals surface area contributed by atoms with Crippen molar-refractivity contribution >= 4 is 27.7 Å². The Kier molecular flexibility index (Phi) is 5.01. The molecule has 0 saturated carbocycles. The highest BCUT2D eigenvalue weighted by molar-refractivity contribution is 5.83. The van der Waals surface area contributed by atoms with Crippen LogP contribution in [0.1, 0.15) is 24.0 Å². The van der Waals surface area contributed by atoms with Crippen LogP contribution in [0.4, 0.5) is 0 Å². The Balaban J connectivity index is 1.25. The van der Waals surface area contributed by atoms with Gasteiger partial charge in [0.2, 0.25) is 5.91 Å². The normalized spacial score (nSPS) is 17.7. The fourth-order valence-corrected chi connectivity index (χ4v) is 4.83. The summed E-state index contributed by atoms with van der Waals surface area (Å²) in [6, 6.07) is 15.2. The van der Waals surface area contributed by atoms with Crippen molar-refractivity contribution < 1.29 is 4.79 Å². The molecule has 3 N–H and O–H groups in total. The van der Waals surface area contributed by atoms with Crippen LogP contribution in [0.3, 0.4) is 0 Å². The minimum Gasteiger partial charge on any atom is -0.368 e. The number of aromatic amines is 1. The van der Waals surface area contributed by atoms with Gasteiger partial charge in [-0.25, -0.2) is 0 Å². The van der Waals surface area contributed by atoms with Crippen LogP contribution in [-0.2, 0) is 24.3 Å². The summed E-state index contributed by atoms with van der Waals surface area (Å²) in [4.78, 5) is 13.8. The summed E-state index contributed by atoms with van der Waals surface area (Å²) >= 11 is 0. The minimum atomic E-state index is -0.317. The molecule has 0 radical (unpaired) electrons. The first-order valence-electron chi connectivity index (χ1n) is 10.6. The second-order valence-corrected chi connectivity index (χ2v) is 8.54. The Morgan fingerprint density at radius 3 is 2.90 bits per heavy atom. The zero-order valence-corrected chi connectivity index (χ0v) is 17.1. The van der Waals surface area contributed by atoms with Gasteiger partial charge in [0.25, 0.3) is 0 Å². The fraction of sp³-hybridized carbons (Fsp3) is 0.333. The molecule has 6 nitrogen and oxygen atoms in total. The van der Waals surface area contributed by atoms with E-state index in [9.17, 15) is 4.79 Å². The smallest absolute Gasteiger partial charge is 0.237 e. The standard InChI is InChI=1S/C24H27N5O/c25-24(30)16-29-9-7-20-12-19(4-6-23(20)29)15-28-8-1-2-18(14-28)10-17-3-5-22-21(11-17)13-26-27-22/h3-7,9,11-13,18H,1-2,8,10,14-16H2,(H2,25,30)(H,26,27). The molecule has 6 heteroatoms. The molecular weight excluding hydrogens is 374 g/mol. The van der Waals surface area contributed by atoms with Crippen molar-refractivity contribution in [1.29, 1.82) is 0 Å². The van der Waals surface area contributed by atoms with Crippen molar-refractivity contribution in [3.8, 4) is 0 Å². The number of carbonyl (C=O) groups excluding carboxylic acids is 1. The number of nitrogens with zero attached hydrogens (tertiary/aromatic N) is 3. The number of piperidine rings is 1. The van der Waals surface area contributed by atoms with E-state index in [0.717, 1.165) is 42.5 Å². The van der Waals surface area contributed by atoms with Gasteiger partial charge in [-0.2, -0.15) is 5.10 Å². The maximum atomic E-state index is 11.2. The second-order valence-electron chi connectivity index (χ2n) is 8.54. The Hall–Kier alpha value is -3.12. The highest BCUT2D eigenvalue weighted by atomic mass is 16.1. The second kappa shape index (κ2) is 7.95. The van der Waals surface area contributed by atoms with Crippen molar-refractivity contribution in [2.24, 2.45) is 11.7 Å². The Labute approximate surface area is 175 Å². The third-order valence-electron chi connectivity index (χ3n) is 6.20. The molecule has 4 aromatic rings. The molecule has 2 aromatic heterocycles. The van der Waals surface area contributed by atoms with E-state index >= 15 is 0 Å². The maximum absolute atomic E-state index is 11.2. The number of nitrogens with two attached hydrogens (primary N) is 1. The molecule has 5 rings (SSSR count). The number of fused-ring (bicyclic) bond motifs is 2. The highest BCUT2D eigenvalue weighted by Gasteiger charge is 2.20. The summed E-state index contributed by atoms with van der Waals surface area (Å²) in [6.45, 7) is 3.47. The molecule has 1 aliphatic rings. The molecule has 1 unspecified atom stereocenters. The van der Waals surface area contributed by atoms with E-state index in [-0.39, 0.29) is 12.5 Å². The molecule has 1 aliphatic heterocycles. The predicted molar refractivity (Wildman–Crippen MR) is 119 cm³/mol. The van der Waals surface area contributed by atoms with Gasteiger partial charge in [0.15, 0.2) is 0 Å². The van der Waals surface area contributed by atoms with Gasteiger partial charge in [0, 0.05) is 30.2 Å². The van der Waals surface area contributed by atoms with Crippen molar-refractivity contribution in [2.45, 2.75) is 32.4 Å². The number of rotatable bonds is 6. The van der Waals surface area contributed by atoms with Gasteiger partial charge in [0.05, 0.1) is 11.7 Å². The summed E-state index contributed by atoms with van der Waals surface area (Å²) in [5, 5.41) is 9.51. The molecule has 0 aliphatic carbocycles. The number of primary amides is 1. The number of amides is 1. The third-order valence-corrected chi connectivity index (χ3v) is 6.20. The molecule has 0 bridgehead atoms. The van der Waals surface area contributed by atoms with Crippen molar-refractivity contribution in [2.75, 3.05) is 13.1 Å². The van der Waals surface area contributed by atoms with Gasteiger partial charge in [-0.3, -0.25) is 14.8 Å². The molecule has 0 spiro atoms. The van der Waals surface area contributed by atoms with Crippen molar-refractivity contribution in [1.82, 2.24) is 19.7 Å². The highest BCUT2D eigenvalue weighted by Crippen LogP contribution is 2.25. The molecule has 1 fully saturated rings. The number of hydrogen-bond donors (Lipinski definition) is 2. The summed E-state index contributed by atoms with van der Waals surface area (Å²) in [6.07, 6.45) is 7.49. The average Bonchev–Trinajstić information content (AvgIpc) is 3.34. The molecule has 154 valence electrons. The summed E-state index contributed by atoms with van der Waals surface area (Å²) < 4.78 is 1.91. The molecule has 1 saturated heterocycles. The lowest BCUT2D eigenvalue weighted by Gasteiger charge is -2.33. The van der Waals surface area contributed by atoms with Crippen LogP contribution in [0.2, 0.25) is 0 Å². The lowest BCUT2D eigenvalue weighted by atomic mass is 9.90. The van der Waals surface area contributed by atoms with E-state index < -0.39 is 0 Å². The number of nitrogens with one attached hydrogen (secondary N) is 1. The topological polar surface area (TPSA) is 79.9 Å². The predicted octanol–water partition coefficient (Wildman–Crippen LogP) is 3.46. The minimum absolute atomic E-state index is 0.223. The van der Waals surface area contributed by atoms with Gasteiger partial charge >= 0.3 is 0 Å². The molecule has 1 atom stereocenters. The Bertz CT molecular complexity index is 1190. The number of H-pyrrole nitrogens is 1. The van der Waals surface area contributed by atoms with E-state index in [1.807, 2.05) is 17.0 Å². The Morgan fingerprint density at radius 1 is 1.13 bits per heavy atom. The number of likely N-dealkylation sites (tertiary alicyclic amines) is 1. The van der Waals surface area contributed by atoms with E-state index in [2.05, 4.69) is 57.6 Å². The van der Waals surface area contributed by atoms with Crippen LogP contribution in [-0.4, -0.2) is 38.7 Å². The van der Waals surface area contributed by atoms with Crippen LogP contribution in [0.5, 0.6) is 0 Å². The van der Waals surface area contributed by atoms with Gasteiger partial charge < -0.3 is 10.3 Å². The quantitative estimate of drug-likeness (QED) is 0.519. The zero-order chi connectivity index (χ0) is 20.5. The lowest BCUT2D eigenvalue weighted by molar-refractivity contribution is -0.118. The molecule has 1 amide bonds. The SMILES string of the molecule is NC(=O)Cn1ccc2cc(CN3CCCC(Cc4ccc5[nH]ncc5c4)C3)ccc21. The molecule has 30 heavy (non-hydrogen) atoms. The number of carbonyl (C=O) groups is 1. The molecule has 3 heterocycles. The van der Waals surface area contributed by atoms with Gasteiger partial charge in [-0.05, 0) is 78.6 Å². The summed E-state index contributed by atoms with van der Waals surface area (Å²) in [7, 11) is 0. The van der Waals surface area contributed by atoms with Gasteiger partial charge in [0.1, 0.15) is 6.54 Å². The van der Waals surface area contributed by atoms with Crippen molar-refractivity contribution in [3.05, 3.63) is 66.0 Å². The lowest BCUT2D eigenvalue weighted by Crippen LogP contribution is -2.35. The number of aromatic nitrogens is 3. The van der Waals surface area contributed by atoms with E-state index in [4.69, 9.17) is 5.73 Å². The molecular formula is C24H27N5O. The Morgan fingerprint density at radius 2 is 2.00 bits per heavy atom. The fourth-order valence-electron chi connectivity index (χ4n) is 4.83. The first kappa shape index (κ1) is 18.9. The van der Waals surface area contributed by atoms with Crippen LogP contribution < -0.4 is 5.73 Å². The van der Waals surface area contributed by atoms with E-state index in [0.29, 0.717) is 5.92 Å². The van der Waals surface area contributed by atoms with Gasteiger partial charge in [-0.1, -0.05) is 12.1 Å². The molecule has 2 aromatic carbocycles. The van der Waals surface area contributed by atoms with Crippen LogP contribution in [0.15, 0.2) is 54.9 Å². The first-order valence-corrected chi connectivity index (χ1v) is 10.6. The maximum Gasteiger partial charge on any atom is 0.237 e. The van der Waals surface area contributed by atoms with Gasteiger partial charge in [-0.15, -0.1) is 0 Å². The largest absolute Gasteiger partial charge is 0.368 e. The first-order chi connectivity index (χ1) is 14.6. The van der Waals surface area contributed by atoms with Crippen LogP contribution in [0, 0.1) is 5.92 Å². The van der Waals surface area contributed by atoms with Crippen LogP contribution >= 0.6 is 0 Å². The monoisotopic (exact) mass is 401 g/mol. The van der Waals surface area contributed by atoms with Crippen molar-refractivity contribution in [3.63, 3.8) is 0 Å². The summed E-state index contributed by atoms with van der Waals surface area (Å²) in [5.41, 5.74) is 10.2. The third kappa shape index (κ3) is 3.96.